The van der Waals surface area contributed by atoms with Gasteiger partial charge in [-0.2, -0.15) is 0 Å². The van der Waals surface area contributed by atoms with Crippen LogP contribution in [0.1, 0.15) is 5.56 Å². The smallest absolute Gasteiger partial charge is 0.321 e. The first-order chi connectivity index (χ1) is 9.81. The molecule has 0 radical (unpaired) electrons. The van der Waals surface area contributed by atoms with Crippen LogP contribution in [0.5, 0.6) is 11.8 Å². The number of para-hydroxylation sites is 1. The Morgan fingerprint density at radius 3 is 2.05 bits per heavy atom. The van der Waals surface area contributed by atoms with E-state index in [2.05, 4.69) is 41.2 Å². The molecule has 0 fully saturated rings. The molecule has 0 amide bonds. The van der Waals surface area contributed by atoms with Crippen LogP contribution in [0, 0.1) is 6.92 Å². The first-order valence-corrected chi connectivity index (χ1v) is 6.43. The molecule has 0 saturated heterocycles. The van der Waals surface area contributed by atoms with E-state index in [1.54, 1.807) is 12.4 Å². The van der Waals surface area contributed by atoms with Crippen molar-refractivity contribution in [1.29, 1.82) is 0 Å². The number of hydrogen-bond acceptors (Lipinski definition) is 3. The topological polar surface area (TPSA) is 35.0 Å². The Bertz CT molecular complexity index is 676. The molecule has 1 heterocycles. The highest BCUT2D eigenvalue weighted by molar-refractivity contribution is 5.61. The maximum absolute atomic E-state index is 5.57. The number of rotatable bonds is 3. The third-order valence-electron chi connectivity index (χ3n) is 2.97. The average Bonchev–Trinajstić information content (AvgIpc) is 2.50. The van der Waals surface area contributed by atoms with Crippen molar-refractivity contribution in [2.45, 2.75) is 6.92 Å². The Morgan fingerprint density at radius 1 is 0.750 bits per heavy atom. The van der Waals surface area contributed by atoms with Gasteiger partial charge in [0.05, 0.1) is 0 Å². The largest absolute Gasteiger partial charge is 0.424 e. The van der Waals surface area contributed by atoms with E-state index in [0.717, 1.165) is 16.9 Å². The maximum atomic E-state index is 5.57. The standard InChI is InChI=1S/C17H14N2O/c1-13-7-9-14(10-8-13)15-11-18-17(19-12-15)20-16-5-3-2-4-6-16/h2-12H,1H3. The zero-order chi connectivity index (χ0) is 13.8. The van der Waals surface area contributed by atoms with Crippen molar-refractivity contribution in [1.82, 2.24) is 9.97 Å². The Hall–Kier alpha value is -2.68. The molecule has 0 aliphatic rings. The Kier molecular flexibility index (Phi) is 3.42. The van der Waals surface area contributed by atoms with Crippen LogP contribution >= 0.6 is 0 Å². The Labute approximate surface area is 117 Å². The van der Waals surface area contributed by atoms with Gasteiger partial charge in [0.15, 0.2) is 0 Å². The van der Waals surface area contributed by atoms with Gasteiger partial charge in [-0.3, -0.25) is 0 Å². The summed E-state index contributed by atoms with van der Waals surface area (Å²) < 4.78 is 5.57. The van der Waals surface area contributed by atoms with Gasteiger partial charge in [0.2, 0.25) is 0 Å². The molecule has 2 aromatic carbocycles. The zero-order valence-corrected chi connectivity index (χ0v) is 11.2. The van der Waals surface area contributed by atoms with Crippen LogP contribution in [-0.2, 0) is 0 Å². The normalized spacial score (nSPS) is 10.2. The predicted molar refractivity (Wildman–Crippen MR) is 78.7 cm³/mol. The van der Waals surface area contributed by atoms with E-state index < -0.39 is 0 Å². The van der Waals surface area contributed by atoms with Crippen molar-refractivity contribution in [2.75, 3.05) is 0 Å². The molecule has 0 unspecified atom stereocenters. The SMILES string of the molecule is Cc1ccc(-c2cnc(Oc3ccccc3)nc2)cc1. The van der Waals surface area contributed by atoms with E-state index in [9.17, 15) is 0 Å². The summed E-state index contributed by atoms with van der Waals surface area (Å²) in [6.45, 7) is 2.07. The number of aromatic nitrogens is 2. The van der Waals surface area contributed by atoms with Gasteiger partial charge in [-0.25, -0.2) is 9.97 Å². The van der Waals surface area contributed by atoms with Gasteiger partial charge in [-0.15, -0.1) is 0 Å². The minimum atomic E-state index is 0.354. The molecule has 20 heavy (non-hydrogen) atoms. The number of nitrogens with zero attached hydrogens (tertiary/aromatic N) is 2. The van der Waals surface area contributed by atoms with Gasteiger partial charge in [0.1, 0.15) is 5.75 Å². The number of hydrogen-bond donors (Lipinski definition) is 0. The number of benzene rings is 2. The molecule has 0 bridgehead atoms. The fourth-order valence-electron chi connectivity index (χ4n) is 1.86. The molecule has 0 N–H and O–H groups in total. The Balaban J connectivity index is 1.79. The molecule has 3 rings (SSSR count). The molecular weight excluding hydrogens is 248 g/mol. The minimum Gasteiger partial charge on any atom is -0.424 e. The summed E-state index contributed by atoms with van der Waals surface area (Å²) in [5.41, 5.74) is 3.31. The van der Waals surface area contributed by atoms with E-state index in [1.807, 2.05) is 30.3 Å². The predicted octanol–water partition coefficient (Wildman–Crippen LogP) is 4.24. The molecule has 0 aliphatic carbocycles. The molecule has 0 aliphatic heterocycles. The molecule has 0 spiro atoms. The van der Waals surface area contributed by atoms with Gasteiger partial charge in [-0.05, 0) is 24.6 Å². The third-order valence-corrected chi connectivity index (χ3v) is 2.97. The molecule has 3 aromatic rings. The monoisotopic (exact) mass is 262 g/mol. The highest BCUT2D eigenvalue weighted by Crippen LogP contribution is 2.21. The zero-order valence-electron chi connectivity index (χ0n) is 11.2. The second-order valence-electron chi connectivity index (χ2n) is 4.54. The van der Waals surface area contributed by atoms with Gasteiger partial charge in [0.25, 0.3) is 0 Å². The van der Waals surface area contributed by atoms with Gasteiger partial charge < -0.3 is 4.74 Å². The average molecular weight is 262 g/mol. The van der Waals surface area contributed by atoms with E-state index in [0.29, 0.717) is 6.01 Å². The lowest BCUT2D eigenvalue weighted by atomic mass is 10.1. The van der Waals surface area contributed by atoms with Crippen LogP contribution in [0.4, 0.5) is 0 Å². The molecule has 98 valence electrons. The van der Waals surface area contributed by atoms with E-state index in [4.69, 9.17) is 4.74 Å². The Morgan fingerprint density at radius 2 is 1.40 bits per heavy atom. The fourth-order valence-corrected chi connectivity index (χ4v) is 1.86. The summed E-state index contributed by atoms with van der Waals surface area (Å²) >= 11 is 0. The molecule has 0 saturated carbocycles. The van der Waals surface area contributed by atoms with Crippen LogP contribution in [-0.4, -0.2) is 9.97 Å². The van der Waals surface area contributed by atoms with Gasteiger partial charge in [-0.1, -0.05) is 48.0 Å². The van der Waals surface area contributed by atoms with E-state index in [1.165, 1.54) is 5.56 Å². The summed E-state index contributed by atoms with van der Waals surface area (Å²) in [6, 6.07) is 18.1. The van der Waals surface area contributed by atoms with E-state index in [-0.39, 0.29) is 0 Å². The van der Waals surface area contributed by atoms with Gasteiger partial charge in [0, 0.05) is 18.0 Å². The summed E-state index contributed by atoms with van der Waals surface area (Å²) in [5, 5.41) is 0. The second-order valence-corrected chi connectivity index (χ2v) is 4.54. The van der Waals surface area contributed by atoms with Gasteiger partial charge >= 0.3 is 6.01 Å². The van der Waals surface area contributed by atoms with Crippen LogP contribution < -0.4 is 4.74 Å². The van der Waals surface area contributed by atoms with E-state index >= 15 is 0 Å². The van der Waals surface area contributed by atoms with Crippen molar-refractivity contribution in [3.8, 4) is 22.9 Å². The van der Waals surface area contributed by atoms with Crippen LogP contribution in [0.25, 0.3) is 11.1 Å². The van der Waals surface area contributed by atoms with Crippen LogP contribution in [0.15, 0.2) is 67.0 Å². The summed E-state index contributed by atoms with van der Waals surface area (Å²) in [6.07, 6.45) is 3.55. The molecular formula is C17H14N2O. The van der Waals surface area contributed by atoms with Crippen LogP contribution in [0.3, 0.4) is 0 Å². The third kappa shape index (κ3) is 2.83. The highest BCUT2D eigenvalue weighted by Gasteiger charge is 2.02. The molecule has 0 atom stereocenters. The van der Waals surface area contributed by atoms with Crippen molar-refractivity contribution in [3.63, 3.8) is 0 Å². The lowest BCUT2D eigenvalue weighted by Gasteiger charge is -2.05. The first-order valence-electron chi connectivity index (χ1n) is 6.43. The summed E-state index contributed by atoms with van der Waals surface area (Å²) in [7, 11) is 0. The maximum Gasteiger partial charge on any atom is 0.321 e. The van der Waals surface area contributed by atoms with Crippen LogP contribution in [0.2, 0.25) is 0 Å². The van der Waals surface area contributed by atoms with Crippen molar-refractivity contribution in [2.24, 2.45) is 0 Å². The summed E-state index contributed by atoms with van der Waals surface area (Å²) in [4.78, 5) is 8.48. The highest BCUT2D eigenvalue weighted by atomic mass is 16.5. The number of aryl methyl sites for hydroxylation is 1. The molecule has 3 nitrogen and oxygen atoms in total. The first kappa shape index (κ1) is 12.4. The number of ether oxygens (including phenoxy) is 1. The molecule has 1 aromatic heterocycles. The fraction of sp³-hybridized carbons (Fsp3) is 0.0588. The molecule has 3 heteroatoms. The summed E-state index contributed by atoms with van der Waals surface area (Å²) in [5.74, 6) is 0.732. The van der Waals surface area contributed by atoms with Crippen molar-refractivity contribution >= 4 is 0 Å². The quantitative estimate of drug-likeness (QED) is 0.708. The lowest BCUT2D eigenvalue weighted by Crippen LogP contribution is -1.91. The van der Waals surface area contributed by atoms with Crippen molar-refractivity contribution < 1.29 is 4.74 Å². The second kappa shape index (κ2) is 5.53. The minimum absolute atomic E-state index is 0.354. The lowest BCUT2D eigenvalue weighted by molar-refractivity contribution is 0.442. The van der Waals surface area contributed by atoms with Crippen molar-refractivity contribution in [3.05, 3.63) is 72.6 Å².